The highest BCUT2D eigenvalue weighted by molar-refractivity contribution is 5.95. The largest absolute Gasteiger partial charge is 0.496 e. The van der Waals surface area contributed by atoms with E-state index in [0.29, 0.717) is 12.2 Å². The van der Waals surface area contributed by atoms with E-state index in [0.717, 1.165) is 5.56 Å². The molecule has 2 aromatic rings. The van der Waals surface area contributed by atoms with Crippen LogP contribution >= 0.6 is 0 Å². The van der Waals surface area contributed by atoms with Gasteiger partial charge in [-0.2, -0.15) is 0 Å². The molecule has 2 N–H and O–H groups in total. The number of hydrazine groups is 1. The fraction of sp³-hybridized carbons (Fsp3) is 0.176. The number of aryl methyl sites for hydroxylation is 1. The molecule has 0 fully saturated rings. The van der Waals surface area contributed by atoms with Gasteiger partial charge in [0.1, 0.15) is 5.75 Å². The molecule has 2 rings (SSSR count). The second kappa shape index (κ2) is 8.44. The van der Waals surface area contributed by atoms with E-state index >= 15 is 0 Å². The Morgan fingerprint density at radius 2 is 1.76 bits per heavy atom. The van der Waals surface area contributed by atoms with Crippen molar-refractivity contribution in [2.75, 3.05) is 7.11 Å². The summed E-state index contributed by atoms with van der Waals surface area (Å²) >= 11 is 0. The average Bonchev–Trinajstić information content (AvgIpc) is 2.64. The topological polar surface area (TPSA) is 111 Å². The second-order valence-electron chi connectivity index (χ2n) is 5.12. The lowest BCUT2D eigenvalue weighted by atomic mass is 10.1. The standard InChI is InChI=1S/C17H17N3O5/c1-25-15-5-3-2-4-12(15)8-11-16(21)18-19-17(22)13-6-9-14(10-7-13)20(23)24/h2-7,9-10H,8,11H2,1H3,(H,18,21)(H,19,22). The van der Waals surface area contributed by atoms with Crippen LogP contribution in [0.1, 0.15) is 22.3 Å². The van der Waals surface area contributed by atoms with E-state index in [1.807, 2.05) is 24.3 Å². The quantitative estimate of drug-likeness (QED) is 0.615. The van der Waals surface area contributed by atoms with Gasteiger partial charge in [-0.3, -0.25) is 30.6 Å². The maximum absolute atomic E-state index is 11.9. The number of ether oxygens (including phenoxy) is 1. The fourth-order valence-electron chi connectivity index (χ4n) is 2.15. The monoisotopic (exact) mass is 343 g/mol. The minimum Gasteiger partial charge on any atom is -0.496 e. The molecule has 0 saturated heterocycles. The van der Waals surface area contributed by atoms with E-state index in [1.165, 1.54) is 24.3 Å². The Hall–Kier alpha value is -3.42. The number of methoxy groups -OCH3 is 1. The molecule has 130 valence electrons. The zero-order valence-corrected chi connectivity index (χ0v) is 13.5. The van der Waals surface area contributed by atoms with Crippen LogP contribution < -0.4 is 15.6 Å². The molecule has 8 heteroatoms. The number of nitrogens with one attached hydrogen (secondary N) is 2. The van der Waals surface area contributed by atoms with E-state index < -0.39 is 10.8 Å². The Morgan fingerprint density at radius 3 is 2.40 bits per heavy atom. The van der Waals surface area contributed by atoms with Crippen molar-refractivity contribution in [3.63, 3.8) is 0 Å². The molecular formula is C17H17N3O5. The summed E-state index contributed by atoms with van der Waals surface area (Å²) < 4.78 is 5.21. The highest BCUT2D eigenvalue weighted by atomic mass is 16.6. The van der Waals surface area contributed by atoms with Gasteiger partial charge in [-0.1, -0.05) is 18.2 Å². The molecular weight excluding hydrogens is 326 g/mol. The van der Waals surface area contributed by atoms with Crippen LogP contribution in [-0.4, -0.2) is 23.8 Å². The zero-order valence-electron chi connectivity index (χ0n) is 13.5. The van der Waals surface area contributed by atoms with Gasteiger partial charge in [0.25, 0.3) is 11.6 Å². The lowest BCUT2D eigenvalue weighted by Gasteiger charge is -2.09. The molecule has 0 heterocycles. The number of non-ortho nitro benzene ring substituents is 1. The Kier molecular flexibility index (Phi) is 6.05. The van der Waals surface area contributed by atoms with Gasteiger partial charge in [0, 0.05) is 24.1 Å². The van der Waals surface area contributed by atoms with Gasteiger partial charge < -0.3 is 4.74 Å². The minimum absolute atomic E-state index is 0.114. The molecule has 0 aliphatic heterocycles. The molecule has 0 spiro atoms. The van der Waals surface area contributed by atoms with Crippen molar-refractivity contribution < 1.29 is 19.2 Å². The van der Waals surface area contributed by atoms with Crippen molar-refractivity contribution in [3.8, 4) is 5.75 Å². The van der Waals surface area contributed by atoms with Gasteiger partial charge in [0.2, 0.25) is 5.91 Å². The molecule has 2 amide bonds. The van der Waals surface area contributed by atoms with Crippen molar-refractivity contribution in [1.82, 2.24) is 10.9 Å². The Morgan fingerprint density at radius 1 is 1.08 bits per heavy atom. The predicted octanol–water partition coefficient (Wildman–Crippen LogP) is 2.00. The van der Waals surface area contributed by atoms with Crippen molar-refractivity contribution in [3.05, 3.63) is 69.8 Å². The maximum Gasteiger partial charge on any atom is 0.269 e. The van der Waals surface area contributed by atoms with E-state index in [-0.39, 0.29) is 23.6 Å². The third-order valence-electron chi connectivity index (χ3n) is 3.47. The van der Waals surface area contributed by atoms with Crippen LogP contribution in [0.2, 0.25) is 0 Å². The maximum atomic E-state index is 11.9. The number of nitro benzene ring substituents is 1. The number of rotatable bonds is 6. The molecule has 8 nitrogen and oxygen atoms in total. The molecule has 0 bridgehead atoms. The first-order chi connectivity index (χ1) is 12.0. The van der Waals surface area contributed by atoms with Gasteiger partial charge in [-0.25, -0.2) is 0 Å². The summed E-state index contributed by atoms with van der Waals surface area (Å²) in [4.78, 5) is 33.7. The number of carbonyl (C=O) groups is 2. The highest BCUT2D eigenvalue weighted by Gasteiger charge is 2.11. The van der Waals surface area contributed by atoms with Gasteiger partial charge in [0.15, 0.2) is 0 Å². The van der Waals surface area contributed by atoms with Crippen molar-refractivity contribution in [2.45, 2.75) is 12.8 Å². The summed E-state index contributed by atoms with van der Waals surface area (Å²) in [5, 5.41) is 10.6. The number of benzene rings is 2. The smallest absolute Gasteiger partial charge is 0.269 e. The van der Waals surface area contributed by atoms with Gasteiger partial charge in [0.05, 0.1) is 12.0 Å². The SMILES string of the molecule is COc1ccccc1CCC(=O)NNC(=O)c1ccc([N+](=O)[O-])cc1. The zero-order chi connectivity index (χ0) is 18.2. The van der Waals surface area contributed by atoms with Crippen LogP contribution in [0.4, 0.5) is 5.69 Å². The number of para-hydroxylation sites is 1. The number of nitrogens with zero attached hydrogens (tertiary/aromatic N) is 1. The molecule has 0 atom stereocenters. The third kappa shape index (κ3) is 5.03. The summed E-state index contributed by atoms with van der Waals surface area (Å²) in [6, 6.07) is 12.4. The van der Waals surface area contributed by atoms with Crippen LogP contribution in [0.15, 0.2) is 48.5 Å². The first kappa shape index (κ1) is 17.9. The summed E-state index contributed by atoms with van der Waals surface area (Å²) in [5.74, 6) is -0.216. The van der Waals surface area contributed by atoms with Crippen LogP contribution in [0.25, 0.3) is 0 Å². The summed E-state index contributed by atoms with van der Waals surface area (Å²) in [6.07, 6.45) is 0.629. The lowest BCUT2D eigenvalue weighted by Crippen LogP contribution is -2.41. The first-order valence-electron chi connectivity index (χ1n) is 7.47. The van der Waals surface area contributed by atoms with E-state index in [4.69, 9.17) is 4.74 Å². The number of hydrogen-bond donors (Lipinski definition) is 2. The molecule has 0 aliphatic rings. The van der Waals surface area contributed by atoms with Gasteiger partial charge >= 0.3 is 0 Å². The molecule has 0 aliphatic carbocycles. The van der Waals surface area contributed by atoms with Crippen LogP contribution in [0.5, 0.6) is 5.75 Å². The third-order valence-corrected chi connectivity index (χ3v) is 3.47. The van der Waals surface area contributed by atoms with E-state index in [1.54, 1.807) is 7.11 Å². The van der Waals surface area contributed by atoms with Gasteiger partial charge in [-0.05, 0) is 30.2 Å². The van der Waals surface area contributed by atoms with Gasteiger partial charge in [-0.15, -0.1) is 0 Å². The molecule has 25 heavy (non-hydrogen) atoms. The van der Waals surface area contributed by atoms with Crippen molar-refractivity contribution in [2.24, 2.45) is 0 Å². The molecule has 0 radical (unpaired) electrons. The Labute approximate surface area is 143 Å². The molecule has 0 unspecified atom stereocenters. The number of hydrogen-bond acceptors (Lipinski definition) is 5. The number of amides is 2. The van der Waals surface area contributed by atoms with Crippen LogP contribution in [-0.2, 0) is 11.2 Å². The van der Waals surface area contributed by atoms with Crippen LogP contribution in [0.3, 0.4) is 0 Å². The minimum atomic E-state index is -0.555. The normalized spacial score (nSPS) is 9.96. The molecule has 2 aromatic carbocycles. The second-order valence-corrected chi connectivity index (χ2v) is 5.12. The van der Waals surface area contributed by atoms with Crippen molar-refractivity contribution >= 4 is 17.5 Å². The predicted molar refractivity (Wildman–Crippen MR) is 90.0 cm³/mol. The fourth-order valence-corrected chi connectivity index (χ4v) is 2.15. The lowest BCUT2D eigenvalue weighted by molar-refractivity contribution is -0.384. The first-order valence-corrected chi connectivity index (χ1v) is 7.47. The molecule has 0 aromatic heterocycles. The summed E-state index contributed by atoms with van der Waals surface area (Å²) in [5.41, 5.74) is 5.57. The van der Waals surface area contributed by atoms with E-state index in [9.17, 15) is 19.7 Å². The number of carbonyl (C=O) groups excluding carboxylic acids is 2. The number of nitro groups is 1. The van der Waals surface area contributed by atoms with Crippen molar-refractivity contribution in [1.29, 1.82) is 0 Å². The highest BCUT2D eigenvalue weighted by Crippen LogP contribution is 2.18. The average molecular weight is 343 g/mol. The molecule has 0 saturated carbocycles. The van der Waals surface area contributed by atoms with E-state index in [2.05, 4.69) is 10.9 Å². The summed E-state index contributed by atoms with van der Waals surface area (Å²) in [6.45, 7) is 0. The Bertz CT molecular complexity index is 774. The Balaban J connectivity index is 1.83. The summed E-state index contributed by atoms with van der Waals surface area (Å²) in [7, 11) is 1.56. The van der Waals surface area contributed by atoms with Crippen LogP contribution in [0, 0.1) is 10.1 Å².